The van der Waals surface area contributed by atoms with Crippen LogP contribution in [0.25, 0.3) is 0 Å². The molecule has 5 nitrogen and oxygen atoms in total. The zero-order valence-electron chi connectivity index (χ0n) is 17.6. The highest BCUT2D eigenvalue weighted by molar-refractivity contribution is 5.95. The van der Waals surface area contributed by atoms with Crippen LogP contribution < -0.4 is 5.43 Å². The van der Waals surface area contributed by atoms with Crippen LogP contribution in [0.15, 0.2) is 59.5 Å². The fourth-order valence-electron chi connectivity index (χ4n) is 5.29. The minimum atomic E-state index is -0.252. The lowest BCUT2D eigenvalue weighted by Crippen LogP contribution is -2.51. The molecule has 0 radical (unpaired) electrons. The van der Waals surface area contributed by atoms with Crippen LogP contribution in [0, 0.1) is 19.7 Å². The van der Waals surface area contributed by atoms with Gasteiger partial charge >= 0.3 is 0 Å². The van der Waals surface area contributed by atoms with Crippen LogP contribution in [0.2, 0.25) is 0 Å². The number of hydrogen-bond acceptors (Lipinski definition) is 3. The van der Waals surface area contributed by atoms with Crippen molar-refractivity contribution >= 4 is 5.91 Å². The van der Waals surface area contributed by atoms with Gasteiger partial charge in [0.15, 0.2) is 0 Å². The summed E-state index contributed by atoms with van der Waals surface area (Å²) in [6.45, 7) is 4.14. The van der Waals surface area contributed by atoms with Crippen molar-refractivity contribution in [3.63, 3.8) is 0 Å². The van der Waals surface area contributed by atoms with Gasteiger partial charge in [-0.3, -0.25) is 14.3 Å². The van der Waals surface area contributed by atoms with Crippen molar-refractivity contribution in [1.82, 2.24) is 14.7 Å². The SMILES string of the molecule is Cc1c(F)cccc1[C@@H](c1ccccc1)[C@H]1[C@H]2CCCN2C(=O)c2c(C)c(=O)cnn21. The molecule has 6 heteroatoms. The molecule has 0 aliphatic carbocycles. The van der Waals surface area contributed by atoms with Crippen molar-refractivity contribution in [2.45, 2.75) is 44.7 Å². The summed E-state index contributed by atoms with van der Waals surface area (Å²) in [4.78, 5) is 27.5. The van der Waals surface area contributed by atoms with E-state index in [1.165, 1.54) is 12.3 Å². The second-order valence-corrected chi connectivity index (χ2v) is 8.47. The van der Waals surface area contributed by atoms with Gasteiger partial charge in [-0.15, -0.1) is 0 Å². The minimum absolute atomic E-state index is 0.0673. The van der Waals surface area contributed by atoms with Gasteiger partial charge in [-0.25, -0.2) is 4.39 Å². The average Bonchev–Trinajstić information content (AvgIpc) is 3.26. The molecule has 3 aromatic rings. The first-order chi connectivity index (χ1) is 15.0. The zero-order chi connectivity index (χ0) is 21.7. The van der Waals surface area contributed by atoms with Crippen molar-refractivity contribution < 1.29 is 9.18 Å². The molecule has 0 N–H and O–H groups in total. The van der Waals surface area contributed by atoms with Gasteiger partial charge in [0.05, 0.1) is 18.3 Å². The molecule has 0 unspecified atom stereocenters. The van der Waals surface area contributed by atoms with Crippen molar-refractivity contribution in [3.05, 3.63) is 98.7 Å². The van der Waals surface area contributed by atoms with Gasteiger partial charge in [0.1, 0.15) is 11.5 Å². The second kappa shape index (κ2) is 7.45. The minimum Gasteiger partial charge on any atom is -0.332 e. The third kappa shape index (κ3) is 3.00. The summed E-state index contributed by atoms with van der Waals surface area (Å²) in [5, 5.41) is 4.46. The normalized spacial score (nSPS) is 21.0. The van der Waals surface area contributed by atoms with Gasteiger partial charge in [-0.1, -0.05) is 42.5 Å². The molecule has 0 saturated carbocycles. The maximum atomic E-state index is 14.6. The number of amides is 1. The number of halogens is 1. The van der Waals surface area contributed by atoms with Crippen LogP contribution in [0.5, 0.6) is 0 Å². The summed E-state index contributed by atoms with van der Waals surface area (Å²) in [6.07, 6.45) is 3.04. The fraction of sp³-hybridized carbons (Fsp3) is 0.320. The maximum Gasteiger partial charge on any atom is 0.272 e. The number of hydrogen-bond donors (Lipinski definition) is 0. The Balaban J connectivity index is 1.81. The number of benzene rings is 2. The smallest absolute Gasteiger partial charge is 0.272 e. The molecule has 1 fully saturated rings. The van der Waals surface area contributed by atoms with Crippen LogP contribution in [0.3, 0.4) is 0 Å². The number of nitrogens with zero attached hydrogens (tertiary/aromatic N) is 3. The molecule has 0 spiro atoms. The molecule has 5 rings (SSSR count). The quantitative estimate of drug-likeness (QED) is 0.648. The van der Waals surface area contributed by atoms with Crippen molar-refractivity contribution in [2.75, 3.05) is 6.54 Å². The molecule has 2 aliphatic heterocycles. The molecule has 1 amide bonds. The summed E-state index contributed by atoms with van der Waals surface area (Å²) in [5.41, 5.74) is 3.03. The lowest BCUT2D eigenvalue weighted by Gasteiger charge is -2.43. The van der Waals surface area contributed by atoms with Gasteiger partial charge in [-0.05, 0) is 49.4 Å². The molecule has 1 saturated heterocycles. The molecule has 3 heterocycles. The van der Waals surface area contributed by atoms with Crippen LogP contribution >= 0.6 is 0 Å². The van der Waals surface area contributed by atoms with Gasteiger partial charge in [0.25, 0.3) is 5.91 Å². The van der Waals surface area contributed by atoms with Crippen LogP contribution in [0.4, 0.5) is 4.39 Å². The number of rotatable bonds is 3. The maximum absolute atomic E-state index is 14.6. The molecule has 3 atom stereocenters. The first kappa shape index (κ1) is 19.7. The van der Waals surface area contributed by atoms with E-state index in [-0.39, 0.29) is 35.2 Å². The molecule has 1 aromatic heterocycles. The Morgan fingerprint density at radius 1 is 1.03 bits per heavy atom. The fourth-order valence-corrected chi connectivity index (χ4v) is 5.29. The highest BCUT2D eigenvalue weighted by Crippen LogP contribution is 2.45. The van der Waals surface area contributed by atoms with Crippen molar-refractivity contribution in [1.29, 1.82) is 0 Å². The van der Waals surface area contributed by atoms with E-state index in [9.17, 15) is 14.0 Å². The Bertz CT molecular complexity index is 1220. The Hall–Kier alpha value is -3.28. The number of fused-ring (bicyclic) bond motifs is 2. The number of carbonyl (C=O) groups is 1. The van der Waals surface area contributed by atoms with E-state index < -0.39 is 0 Å². The molecule has 2 aliphatic rings. The van der Waals surface area contributed by atoms with E-state index in [0.29, 0.717) is 23.4 Å². The van der Waals surface area contributed by atoms with Crippen molar-refractivity contribution in [2.24, 2.45) is 0 Å². The van der Waals surface area contributed by atoms with Crippen LogP contribution in [-0.2, 0) is 0 Å². The Kier molecular flexibility index (Phi) is 4.73. The number of aromatic nitrogens is 2. The van der Waals surface area contributed by atoms with Gasteiger partial charge in [-0.2, -0.15) is 5.10 Å². The highest BCUT2D eigenvalue weighted by Gasteiger charge is 2.47. The summed E-state index contributed by atoms with van der Waals surface area (Å²) >= 11 is 0. The average molecular weight is 417 g/mol. The zero-order valence-corrected chi connectivity index (χ0v) is 17.6. The Morgan fingerprint density at radius 2 is 1.81 bits per heavy atom. The van der Waals surface area contributed by atoms with Gasteiger partial charge < -0.3 is 4.90 Å². The lowest BCUT2D eigenvalue weighted by molar-refractivity contribution is 0.0570. The van der Waals surface area contributed by atoms with Gasteiger partial charge in [0.2, 0.25) is 5.43 Å². The summed E-state index contributed by atoms with van der Waals surface area (Å²) in [6, 6.07) is 14.8. The van der Waals surface area contributed by atoms with E-state index in [1.807, 2.05) is 41.3 Å². The monoisotopic (exact) mass is 417 g/mol. The van der Waals surface area contributed by atoms with E-state index >= 15 is 0 Å². The predicted molar refractivity (Wildman–Crippen MR) is 116 cm³/mol. The third-order valence-electron chi connectivity index (χ3n) is 6.84. The third-order valence-corrected chi connectivity index (χ3v) is 6.84. The largest absolute Gasteiger partial charge is 0.332 e. The standard InChI is InChI=1S/C25H24FN3O2/c1-15-18(10-6-11-19(15)26)22(17-8-4-3-5-9-17)24-20-12-7-13-28(20)25(31)23-16(2)21(30)14-27-29(23)24/h3-6,8-11,14,20,22,24H,7,12-13H2,1-2H3/t20-,22-,24-/m1/s1. The predicted octanol–water partition coefficient (Wildman–Crippen LogP) is 3.99. The van der Waals surface area contributed by atoms with E-state index in [2.05, 4.69) is 5.10 Å². The van der Waals surface area contributed by atoms with Gasteiger partial charge in [0, 0.05) is 18.0 Å². The molecular formula is C25H24FN3O2. The Labute approximate surface area is 180 Å². The molecule has 158 valence electrons. The van der Waals surface area contributed by atoms with E-state index in [1.54, 1.807) is 24.6 Å². The highest BCUT2D eigenvalue weighted by atomic mass is 19.1. The first-order valence-corrected chi connectivity index (χ1v) is 10.7. The van der Waals surface area contributed by atoms with E-state index in [0.717, 1.165) is 24.0 Å². The molecule has 2 aromatic carbocycles. The lowest BCUT2D eigenvalue weighted by atomic mass is 9.78. The van der Waals surface area contributed by atoms with Crippen LogP contribution in [0.1, 0.15) is 57.5 Å². The molecule has 0 bridgehead atoms. The summed E-state index contributed by atoms with van der Waals surface area (Å²) in [5.74, 6) is -0.606. The Morgan fingerprint density at radius 3 is 2.58 bits per heavy atom. The summed E-state index contributed by atoms with van der Waals surface area (Å²) < 4.78 is 16.4. The second-order valence-electron chi connectivity index (χ2n) is 8.47. The van der Waals surface area contributed by atoms with Crippen LogP contribution in [-0.4, -0.2) is 33.2 Å². The molecular weight excluding hydrogens is 393 g/mol. The topological polar surface area (TPSA) is 55.2 Å². The first-order valence-electron chi connectivity index (χ1n) is 10.7. The van der Waals surface area contributed by atoms with E-state index in [4.69, 9.17) is 0 Å². The number of carbonyl (C=O) groups excluding carboxylic acids is 1. The van der Waals surface area contributed by atoms with Crippen molar-refractivity contribution in [3.8, 4) is 0 Å². The molecule has 31 heavy (non-hydrogen) atoms. The summed E-state index contributed by atoms with van der Waals surface area (Å²) in [7, 11) is 0.